The first-order valence-corrected chi connectivity index (χ1v) is 6.92. The zero-order chi connectivity index (χ0) is 15.0. The van der Waals surface area contributed by atoms with Crippen LogP contribution in [0.2, 0.25) is 0 Å². The summed E-state index contributed by atoms with van der Waals surface area (Å²) in [5, 5.41) is 3.10. The molecule has 3 N–H and O–H groups in total. The Labute approximate surface area is 120 Å². The Bertz CT molecular complexity index is 437. The highest BCUT2D eigenvalue weighted by atomic mass is 16.5. The van der Waals surface area contributed by atoms with Gasteiger partial charge in [0.05, 0.1) is 18.8 Å². The van der Waals surface area contributed by atoms with Gasteiger partial charge in [0.25, 0.3) is 0 Å². The van der Waals surface area contributed by atoms with E-state index in [4.69, 9.17) is 15.2 Å². The van der Waals surface area contributed by atoms with E-state index in [0.29, 0.717) is 26.2 Å². The summed E-state index contributed by atoms with van der Waals surface area (Å²) in [5.41, 5.74) is 4.68. The normalized spacial score (nSPS) is 13.6. The van der Waals surface area contributed by atoms with Crippen LogP contribution in [0.5, 0.6) is 11.5 Å². The Morgan fingerprint density at radius 3 is 2.50 bits per heavy atom. The number of hydrogen-bond donors (Lipinski definition) is 2. The van der Waals surface area contributed by atoms with Gasteiger partial charge in [-0.3, -0.25) is 4.79 Å². The lowest BCUT2D eigenvalue weighted by molar-refractivity contribution is -0.124. The third-order valence-corrected chi connectivity index (χ3v) is 3.10. The van der Waals surface area contributed by atoms with Gasteiger partial charge in [-0.25, -0.2) is 0 Å². The van der Waals surface area contributed by atoms with Gasteiger partial charge in [0, 0.05) is 12.5 Å². The first-order valence-electron chi connectivity index (χ1n) is 6.92. The minimum Gasteiger partial charge on any atom is -0.494 e. The van der Waals surface area contributed by atoms with Gasteiger partial charge in [-0.15, -0.1) is 0 Å². The van der Waals surface area contributed by atoms with Gasteiger partial charge in [-0.2, -0.15) is 0 Å². The van der Waals surface area contributed by atoms with Crippen molar-refractivity contribution >= 4 is 5.91 Å². The number of primary amides is 1. The second-order valence-corrected chi connectivity index (χ2v) is 4.73. The van der Waals surface area contributed by atoms with Gasteiger partial charge >= 0.3 is 0 Å². The largest absolute Gasteiger partial charge is 0.494 e. The fraction of sp³-hybridized carbons (Fsp3) is 0.533. The number of carbonyl (C=O) groups is 1. The monoisotopic (exact) mass is 280 g/mol. The van der Waals surface area contributed by atoms with Crippen molar-refractivity contribution in [3.8, 4) is 11.5 Å². The highest BCUT2D eigenvalue weighted by Crippen LogP contribution is 2.20. The molecule has 0 aliphatic carbocycles. The van der Waals surface area contributed by atoms with Gasteiger partial charge < -0.3 is 20.5 Å². The molecule has 5 heteroatoms. The molecule has 0 fully saturated rings. The summed E-state index contributed by atoms with van der Waals surface area (Å²) in [6.45, 7) is 7.36. The van der Waals surface area contributed by atoms with E-state index in [1.54, 1.807) is 6.92 Å². The Hall–Kier alpha value is -1.75. The number of nitrogens with two attached hydrogens (primary N) is 1. The van der Waals surface area contributed by atoms with Crippen molar-refractivity contribution in [2.75, 3.05) is 19.8 Å². The number of carbonyl (C=O) groups excluding carboxylic acids is 1. The topological polar surface area (TPSA) is 73.6 Å². The van der Waals surface area contributed by atoms with Gasteiger partial charge in [0.1, 0.15) is 11.5 Å². The first-order chi connectivity index (χ1) is 9.51. The Morgan fingerprint density at radius 2 is 1.95 bits per heavy atom. The molecule has 0 aliphatic heterocycles. The van der Waals surface area contributed by atoms with Gasteiger partial charge in [0.2, 0.25) is 5.91 Å². The molecule has 5 nitrogen and oxygen atoms in total. The number of rotatable bonds is 9. The van der Waals surface area contributed by atoms with E-state index in [9.17, 15) is 4.79 Å². The van der Waals surface area contributed by atoms with E-state index in [-0.39, 0.29) is 5.91 Å². The fourth-order valence-electron chi connectivity index (χ4n) is 1.88. The van der Waals surface area contributed by atoms with Crippen molar-refractivity contribution in [1.29, 1.82) is 0 Å². The molecule has 20 heavy (non-hydrogen) atoms. The first kappa shape index (κ1) is 16.3. The lowest BCUT2D eigenvalue weighted by Crippen LogP contribution is -2.53. The van der Waals surface area contributed by atoms with Crippen LogP contribution in [0.15, 0.2) is 24.3 Å². The van der Waals surface area contributed by atoms with E-state index in [1.807, 2.05) is 38.1 Å². The summed E-state index contributed by atoms with van der Waals surface area (Å²) >= 11 is 0. The van der Waals surface area contributed by atoms with Crippen LogP contribution < -0.4 is 20.5 Å². The number of amides is 1. The number of nitrogens with one attached hydrogen (secondary N) is 1. The molecule has 1 atom stereocenters. The lowest BCUT2D eigenvalue weighted by Gasteiger charge is -2.26. The molecule has 1 unspecified atom stereocenters. The van der Waals surface area contributed by atoms with Gasteiger partial charge in [-0.05, 0) is 32.5 Å². The van der Waals surface area contributed by atoms with Crippen LogP contribution in [-0.2, 0) is 4.79 Å². The maximum absolute atomic E-state index is 11.5. The summed E-state index contributed by atoms with van der Waals surface area (Å²) in [7, 11) is 0. The molecular weight excluding hydrogens is 256 g/mol. The summed E-state index contributed by atoms with van der Waals surface area (Å²) in [6.07, 6.45) is 0.509. The fourth-order valence-corrected chi connectivity index (χ4v) is 1.88. The van der Waals surface area contributed by atoms with Crippen LogP contribution in [0, 0.1) is 0 Å². The summed E-state index contributed by atoms with van der Waals surface area (Å²) < 4.78 is 11.1. The second-order valence-electron chi connectivity index (χ2n) is 4.73. The van der Waals surface area contributed by atoms with Gasteiger partial charge in [0.15, 0.2) is 0 Å². The average molecular weight is 280 g/mol. The van der Waals surface area contributed by atoms with Crippen LogP contribution in [0.3, 0.4) is 0 Å². The molecule has 0 radical (unpaired) electrons. The summed E-state index contributed by atoms with van der Waals surface area (Å²) in [6, 6.07) is 7.44. The molecule has 0 spiro atoms. The number of likely N-dealkylation sites (N-methyl/N-ethyl adjacent to an activating group) is 1. The van der Waals surface area contributed by atoms with Crippen molar-refractivity contribution in [2.45, 2.75) is 32.7 Å². The quantitative estimate of drug-likeness (QED) is 0.722. The SMILES string of the molecule is CCNC(C)(CCOc1cccc(OCC)c1)C(N)=O. The zero-order valence-electron chi connectivity index (χ0n) is 12.4. The summed E-state index contributed by atoms with van der Waals surface area (Å²) in [5.74, 6) is 1.12. The van der Waals surface area contributed by atoms with Crippen molar-refractivity contribution in [3.63, 3.8) is 0 Å². The van der Waals surface area contributed by atoms with Crippen molar-refractivity contribution < 1.29 is 14.3 Å². The maximum atomic E-state index is 11.5. The molecule has 0 aliphatic rings. The molecule has 0 heterocycles. The number of benzene rings is 1. The Balaban J connectivity index is 2.54. The van der Waals surface area contributed by atoms with E-state index in [1.165, 1.54) is 0 Å². The molecule has 0 saturated heterocycles. The van der Waals surface area contributed by atoms with Crippen molar-refractivity contribution in [2.24, 2.45) is 5.73 Å². The molecule has 0 aromatic heterocycles. The molecule has 1 aromatic rings. The predicted octanol–water partition coefficient (Wildman–Crippen LogP) is 1.71. The minimum absolute atomic E-state index is 0.369. The summed E-state index contributed by atoms with van der Waals surface area (Å²) in [4.78, 5) is 11.5. The van der Waals surface area contributed by atoms with E-state index >= 15 is 0 Å². The van der Waals surface area contributed by atoms with E-state index in [0.717, 1.165) is 11.5 Å². The van der Waals surface area contributed by atoms with E-state index < -0.39 is 5.54 Å². The smallest absolute Gasteiger partial charge is 0.237 e. The molecule has 1 rings (SSSR count). The van der Waals surface area contributed by atoms with Crippen molar-refractivity contribution in [3.05, 3.63) is 24.3 Å². The highest BCUT2D eigenvalue weighted by molar-refractivity contribution is 5.84. The molecule has 1 amide bonds. The van der Waals surface area contributed by atoms with Crippen LogP contribution >= 0.6 is 0 Å². The number of ether oxygens (including phenoxy) is 2. The predicted molar refractivity (Wildman–Crippen MR) is 79.0 cm³/mol. The Morgan fingerprint density at radius 1 is 1.30 bits per heavy atom. The lowest BCUT2D eigenvalue weighted by atomic mass is 9.97. The third-order valence-electron chi connectivity index (χ3n) is 3.10. The molecule has 1 aromatic carbocycles. The molecule has 0 saturated carbocycles. The van der Waals surface area contributed by atoms with E-state index in [2.05, 4.69) is 5.32 Å². The highest BCUT2D eigenvalue weighted by Gasteiger charge is 2.29. The maximum Gasteiger partial charge on any atom is 0.237 e. The number of hydrogen-bond acceptors (Lipinski definition) is 4. The molecule has 112 valence electrons. The minimum atomic E-state index is -0.744. The zero-order valence-corrected chi connectivity index (χ0v) is 12.4. The average Bonchev–Trinajstić information content (AvgIpc) is 2.39. The van der Waals surface area contributed by atoms with Gasteiger partial charge in [-0.1, -0.05) is 13.0 Å². The molecule has 0 bridgehead atoms. The second kappa shape index (κ2) is 7.75. The van der Waals surface area contributed by atoms with Crippen LogP contribution in [0.4, 0.5) is 0 Å². The standard InChI is InChI=1S/C15H24N2O3/c1-4-17-15(3,14(16)18)9-10-20-13-8-6-7-12(11-13)19-5-2/h6-8,11,17H,4-5,9-10H2,1-3H3,(H2,16,18). The molecular formula is C15H24N2O3. The van der Waals surface area contributed by atoms with Crippen molar-refractivity contribution in [1.82, 2.24) is 5.32 Å². The Kier molecular flexibility index (Phi) is 6.31. The van der Waals surface area contributed by atoms with Crippen LogP contribution in [0.25, 0.3) is 0 Å². The third kappa shape index (κ3) is 4.74. The van der Waals surface area contributed by atoms with Crippen LogP contribution in [-0.4, -0.2) is 31.2 Å². The van der Waals surface area contributed by atoms with Crippen LogP contribution in [0.1, 0.15) is 27.2 Å².